The zero-order valence-corrected chi connectivity index (χ0v) is 11.8. The van der Waals surface area contributed by atoms with E-state index in [-0.39, 0.29) is 18.3 Å². The molecule has 0 aliphatic heterocycles. The highest BCUT2D eigenvalue weighted by Crippen LogP contribution is 2.64. The molecule has 2 fully saturated rings. The molecule has 1 heterocycles. The Balaban J connectivity index is 1.50. The highest BCUT2D eigenvalue weighted by molar-refractivity contribution is 5.34. The second kappa shape index (κ2) is 4.57. The number of hydrogen-bond acceptors (Lipinski definition) is 3. The maximum absolute atomic E-state index is 12.9. The van der Waals surface area contributed by atoms with Crippen LogP contribution in [-0.2, 0) is 0 Å². The van der Waals surface area contributed by atoms with Gasteiger partial charge in [0.2, 0.25) is 5.92 Å². The van der Waals surface area contributed by atoms with Gasteiger partial charge in [0, 0.05) is 18.5 Å². The van der Waals surface area contributed by atoms with Gasteiger partial charge in [-0.3, -0.25) is 0 Å². The summed E-state index contributed by atoms with van der Waals surface area (Å²) in [5.41, 5.74) is 0.779. The Labute approximate surface area is 117 Å². The van der Waals surface area contributed by atoms with E-state index in [1.165, 1.54) is 0 Å². The van der Waals surface area contributed by atoms with Crippen LogP contribution in [0.4, 0.5) is 8.78 Å². The van der Waals surface area contributed by atoms with E-state index in [0.29, 0.717) is 24.2 Å². The number of aryl methyl sites for hydroxylation is 1. The van der Waals surface area contributed by atoms with Crippen molar-refractivity contribution in [3.8, 4) is 11.6 Å². The Morgan fingerprint density at radius 1 is 1.30 bits per heavy atom. The summed E-state index contributed by atoms with van der Waals surface area (Å²) in [4.78, 5) is 4.24. The summed E-state index contributed by atoms with van der Waals surface area (Å²) in [5, 5.41) is 0. The summed E-state index contributed by atoms with van der Waals surface area (Å²) in [6.45, 7) is 2.44. The average molecular weight is 283 g/mol. The number of ether oxygens (including phenoxy) is 2. The molecule has 0 unspecified atom stereocenters. The first kappa shape index (κ1) is 13.6. The number of rotatable bonds is 4. The molecule has 0 amide bonds. The largest absolute Gasteiger partial charge is 0.488 e. The molecule has 2 aliphatic carbocycles. The summed E-state index contributed by atoms with van der Waals surface area (Å²) >= 11 is 0. The summed E-state index contributed by atoms with van der Waals surface area (Å²) in [5.74, 6) is -0.944. The molecular weight excluding hydrogens is 264 g/mol. The Morgan fingerprint density at radius 2 is 2.00 bits per heavy atom. The van der Waals surface area contributed by atoms with Crippen molar-refractivity contribution in [3.63, 3.8) is 0 Å². The van der Waals surface area contributed by atoms with Crippen LogP contribution >= 0.6 is 0 Å². The minimum absolute atomic E-state index is 0.0614. The maximum Gasteiger partial charge on any atom is 0.256 e. The van der Waals surface area contributed by atoms with E-state index in [2.05, 4.69) is 4.98 Å². The van der Waals surface area contributed by atoms with Gasteiger partial charge in [-0.05, 0) is 43.2 Å². The lowest BCUT2D eigenvalue weighted by atomic mass is 9.50. The fraction of sp³-hybridized carbons (Fsp3) is 0.667. The third-order valence-corrected chi connectivity index (χ3v) is 4.34. The molecular formula is C15H19F2NO2. The van der Waals surface area contributed by atoms with Crippen LogP contribution in [0.2, 0.25) is 0 Å². The smallest absolute Gasteiger partial charge is 0.256 e. The third kappa shape index (κ3) is 2.45. The van der Waals surface area contributed by atoms with Crippen molar-refractivity contribution in [3.05, 3.63) is 17.8 Å². The summed E-state index contributed by atoms with van der Waals surface area (Å²) in [7, 11) is 1.56. The van der Waals surface area contributed by atoms with Crippen LogP contribution in [0.25, 0.3) is 0 Å². The van der Waals surface area contributed by atoms with Gasteiger partial charge in [-0.25, -0.2) is 13.8 Å². The fourth-order valence-electron chi connectivity index (χ4n) is 3.60. The Morgan fingerprint density at radius 3 is 2.60 bits per heavy atom. The molecule has 1 spiro atoms. The zero-order chi connectivity index (χ0) is 14.4. The lowest BCUT2D eigenvalue weighted by molar-refractivity contribution is -0.209. The van der Waals surface area contributed by atoms with Gasteiger partial charge in [-0.15, -0.1) is 0 Å². The second-order valence-corrected chi connectivity index (χ2v) is 6.25. The van der Waals surface area contributed by atoms with E-state index in [1.807, 2.05) is 19.1 Å². The molecule has 1 aromatic rings. The minimum atomic E-state index is -2.42. The molecule has 0 radical (unpaired) electrons. The van der Waals surface area contributed by atoms with Crippen molar-refractivity contribution in [2.75, 3.05) is 13.7 Å². The lowest BCUT2D eigenvalue weighted by Crippen LogP contribution is -2.54. The van der Waals surface area contributed by atoms with Crippen molar-refractivity contribution in [1.82, 2.24) is 4.98 Å². The Bertz CT molecular complexity index is 503. The number of hydrogen-bond donors (Lipinski definition) is 0. The van der Waals surface area contributed by atoms with Crippen molar-refractivity contribution >= 4 is 0 Å². The van der Waals surface area contributed by atoms with Crippen LogP contribution in [0.15, 0.2) is 12.1 Å². The molecule has 0 N–H and O–H groups in total. The molecule has 2 saturated carbocycles. The fourth-order valence-corrected chi connectivity index (χ4v) is 3.60. The van der Waals surface area contributed by atoms with Gasteiger partial charge in [-0.2, -0.15) is 0 Å². The summed E-state index contributed by atoms with van der Waals surface area (Å²) in [6.07, 6.45) is 1.83. The molecule has 110 valence electrons. The average Bonchev–Trinajstić information content (AvgIpc) is 2.31. The van der Waals surface area contributed by atoms with Gasteiger partial charge < -0.3 is 9.47 Å². The lowest BCUT2D eigenvalue weighted by Gasteiger charge is -2.57. The summed E-state index contributed by atoms with van der Waals surface area (Å²) < 4.78 is 36.7. The van der Waals surface area contributed by atoms with Gasteiger partial charge in [0.1, 0.15) is 0 Å². The number of nitrogens with zero attached hydrogens (tertiary/aromatic N) is 1. The molecule has 1 aromatic heterocycles. The normalized spacial score (nSPS) is 23.0. The van der Waals surface area contributed by atoms with Crippen molar-refractivity contribution < 1.29 is 18.3 Å². The van der Waals surface area contributed by atoms with E-state index >= 15 is 0 Å². The molecule has 0 bridgehead atoms. The number of alkyl halides is 2. The predicted molar refractivity (Wildman–Crippen MR) is 70.4 cm³/mol. The highest BCUT2D eigenvalue weighted by Gasteiger charge is 2.61. The number of halogens is 2. The van der Waals surface area contributed by atoms with Crippen molar-refractivity contribution in [2.24, 2.45) is 11.3 Å². The minimum Gasteiger partial charge on any atom is -0.488 e. The quantitative estimate of drug-likeness (QED) is 0.846. The van der Waals surface area contributed by atoms with Crippen LogP contribution in [-0.4, -0.2) is 24.6 Å². The first-order chi connectivity index (χ1) is 9.41. The van der Waals surface area contributed by atoms with Crippen molar-refractivity contribution in [2.45, 2.75) is 38.5 Å². The predicted octanol–water partition coefficient (Wildman–Crippen LogP) is 3.60. The number of pyridine rings is 1. The molecule has 3 rings (SSSR count). The zero-order valence-electron chi connectivity index (χ0n) is 11.8. The maximum atomic E-state index is 12.9. The first-order valence-corrected chi connectivity index (χ1v) is 6.94. The molecule has 2 aliphatic rings. The van der Waals surface area contributed by atoms with Gasteiger partial charge in [0.25, 0.3) is 5.88 Å². The van der Waals surface area contributed by atoms with Crippen LogP contribution in [0.1, 0.15) is 31.4 Å². The van der Waals surface area contributed by atoms with E-state index in [1.54, 1.807) is 7.11 Å². The number of aromatic nitrogens is 1. The second-order valence-electron chi connectivity index (χ2n) is 6.25. The molecule has 0 atom stereocenters. The Kier molecular flexibility index (Phi) is 3.10. The topological polar surface area (TPSA) is 31.4 Å². The van der Waals surface area contributed by atoms with Crippen LogP contribution in [0, 0.1) is 18.3 Å². The Hall–Kier alpha value is -1.39. The van der Waals surface area contributed by atoms with Crippen LogP contribution in [0.5, 0.6) is 11.6 Å². The molecule has 5 heteroatoms. The summed E-state index contributed by atoms with van der Waals surface area (Å²) in [6, 6.07) is 3.71. The molecule has 0 saturated heterocycles. The van der Waals surface area contributed by atoms with Crippen LogP contribution in [0.3, 0.4) is 0 Å². The third-order valence-electron chi connectivity index (χ3n) is 4.34. The number of methoxy groups -OCH3 is 1. The van der Waals surface area contributed by atoms with Gasteiger partial charge in [-0.1, -0.05) is 0 Å². The van der Waals surface area contributed by atoms with E-state index in [0.717, 1.165) is 18.5 Å². The first-order valence-electron chi connectivity index (χ1n) is 6.94. The van der Waals surface area contributed by atoms with Gasteiger partial charge in [0.05, 0.1) is 13.7 Å². The van der Waals surface area contributed by atoms with Crippen LogP contribution < -0.4 is 9.47 Å². The SMILES string of the molecule is COc1nc(C)ccc1OCC1CC2(C1)CC(F)(F)C2. The van der Waals surface area contributed by atoms with Gasteiger partial charge in [0.15, 0.2) is 5.75 Å². The van der Waals surface area contributed by atoms with E-state index in [4.69, 9.17) is 9.47 Å². The van der Waals surface area contributed by atoms with E-state index < -0.39 is 5.92 Å². The monoisotopic (exact) mass is 283 g/mol. The highest BCUT2D eigenvalue weighted by atomic mass is 19.3. The molecule has 0 aromatic carbocycles. The van der Waals surface area contributed by atoms with E-state index in [9.17, 15) is 8.78 Å². The molecule has 20 heavy (non-hydrogen) atoms. The standard InChI is InChI=1S/C15H19F2NO2/c1-10-3-4-12(13(18-10)19-2)20-7-11-5-14(6-11)8-15(16,17)9-14/h3-4,11H,5-9H2,1-2H3. The van der Waals surface area contributed by atoms with Crippen molar-refractivity contribution in [1.29, 1.82) is 0 Å². The molecule has 3 nitrogen and oxygen atoms in total. The van der Waals surface area contributed by atoms with Gasteiger partial charge >= 0.3 is 0 Å².